The third kappa shape index (κ3) is 2.21. The van der Waals surface area contributed by atoms with E-state index in [0.29, 0.717) is 5.52 Å². The summed E-state index contributed by atoms with van der Waals surface area (Å²) >= 11 is 0. The molecule has 0 aliphatic carbocycles. The van der Waals surface area contributed by atoms with Crippen molar-refractivity contribution in [1.82, 2.24) is 14.7 Å². The standard InChI is InChI=1S/C14H17N3O2/c18-14(19)12-11-6-2-4-8-17(11)13(16-12)10-5-1-3-7-15-9-10/h2,4,6,8,10,15H,1,3,5,7,9H2,(H,18,19). The number of carbonyl (C=O) groups is 1. The predicted molar refractivity (Wildman–Crippen MR) is 71.6 cm³/mol. The summed E-state index contributed by atoms with van der Waals surface area (Å²) in [5.74, 6) is 0.185. The molecule has 5 heteroatoms. The van der Waals surface area contributed by atoms with Crippen LogP contribution in [-0.4, -0.2) is 33.6 Å². The summed E-state index contributed by atoms with van der Waals surface area (Å²) in [6.45, 7) is 1.90. The molecule has 0 spiro atoms. The molecule has 1 atom stereocenters. The van der Waals surface area contributed by atoms with Gasteiger partial charge in [0.05, 0.1) is 5.52 Å². The third-order valence-corrected chi connectivity index (χ3v) is 3.69. The highest BCUT2D eigenvalue weighted by atomic mass is 16.4. The van der Waals surface area contributed by atoms with Crippen molar-refractivity contribution < 1.29 is 9.90 Å². The first-order valence-corrected chi connectivity index (χ1v) is 6.68. The van der Waals surface area contributed by atoms with Gasteiger partial charge in [-0.15, -0.1) is 0 Å². The van der Waals surface area contributed by atoms with Gasteiger partial charge in [-0.25, -0.2) is 9.78 Å². The molecule has 2 aromatic rings. The molecule has 1 unspecified atom stereocenters. The second kappa shape index (κ2) is 5.01. The van der Waals surface area contributed by atoms with Crippen LogP contribution < -0.4 is 5.32 Å². The molecule has 1 aliphatic rings. The number of nitrogens with zero attached hydrogens (tertiary/aromatic N) is 2. The normalized spacial score (nSPS) is 20.3. The quantitative estimate of drug-likeness (QED) is 0.864. The number of aromatic nitrogens is 2. The first-order chi connectivity index (χ1) is 9.27. The fourth-order valence-electron chi connectivity index (χ4n) is 2.75. The van der Waals surface area contributed by atoms with E-state index in [-0.39, 0.29) is 11.6 Å². The fourth-order valence-corrected chi connectivity index (χ4v) is 2.75. The largest absolute Gasteiger partial charge is 0.476 e. The molecule has 3 rings (SSSR count). The van der Waals surface area contributed by atoms with Crippen LogP contribution in [0.5, 0.6) is 0 Å². The van der Waals surface area contributed by atoms with Crippen LogP contribution in [0.2, 0.25) is 0 Å². The fraction of sp³-hybridized carbons (Fsp3) is 0.429. The number of fused-ring (bicyclic) bond motifs is 1. The van der Waals surface area contributed by atoms with Gasteiger partial charge < -0.3 is 14.8 Å². The smallest absolute Gasteiger partial charge is 0.356 e. The van der Waals surface area contributed by atoms with Gasteiger partial charge in [-0.05, 0) is 31.5 Å². The summed E-state index contributed by atoms with van der Waals surface area (Å²) in [6.07, 6.45) is 5.28. The van der Waals surface area contributed by atoms with Gasteiger partial charge in [0, 0.05) is 18.7 Å². The molecule has 2 N–H and O–H groups in total. The summed E-state index contributed by atoms with van der Waals surface area (Å²) in [5.41, 5.74) is 0.828. The van der Waals surface area contributed by atoms with Crippen LogP contribution in [0.4, 0.5) is 0 Å². The number of hydrogen-bond donors (Lipinski definition) is 2. The summed E-state index contributed by atoms with van der Waals surface area (Å²) in [4.78, 5) is 15.7. The minimum Gasteiger partial charge on any atom is -0.476 e. The Balaban J connectivity index is 2.09. The lowest BCUT2D eigenvalue weighted by Gasteiger charge is -2.12. The van der Waals surface area contributed by atoms with Gasteiger partial charge in [-0.2, -0.15) is 0 Å². The number of carboxylic acid groups (broad SMARTS) is 1. The van der Waals surface area contributed by atoms with E-state index in [1.807, 2.05) is 28.8 Å². The molecule has 100 valence electrons. The molecule has 1 saturated heterocycles. The second-order valence-electron chi connectivity index (χ2n) is 4.98. The molecule has 5 nitrogen and oxygen atoms in total. The monoisotopic (exact) mass is 259 g/mol. The molecule has 19 heavy (non-hydrogen) atoms. The van der Waals surface area contributed by atoms with E-state index < -0.39 is 5.97 Å². The first-order valence-electron chi connectivity index (χ1n) is 6.68. The summed E-state index contributed by atoms with van der Waals surface area (Å²) < 4.78 is 1.92. The Labute approximate surface area is 111 Å². The second-order valence-corrected chi connectivity index (χ2v) is 4.98. The molecule has 0 aromatic carbocycles. The SMILES string of the molecule is O=C(O)c1nc(C2CCCCNC2)n2ccccc12. The van der Waals surface area contributed by atoms with E-state index in [1.165, 1.54) is 6.42 Å². The van der Waals surface area contributed by atoms with Crippen LogP contribution in [0.25, 0.3) is 5.52 Å². The number of imidazole rings is 1. The summed E-state index contributed by atoms with van der Waals surface area (Å²) in [6, 6.07) is 5.57. The molecule has 1 fully saturated rings. The molecule has 1 aliphatic heterocycles. The van der Waals surface area contributed by atoms with Gasteiger partial charge in [0.2, 0.25) is 0 Å². The van der Waals surface area contributed by atoms with Crippen LogP contribution in [0.15, 0.2) is 24.4 Å². The molecular formula is C14H17N3O2. The zero-order valence-electron chi connectivity index (χ0n) is 10.7. The van der Waals surface area contributed by atoms with Gasteiger partial charge in [0.15, 0.2) is 5.69 Å². The Morgan fingerprint density at radius 3 is 3.16 bits per heavy atom. The lowest BCUT2D eigenvalue weighted by molar-refractivity contribution is 0.0693. The highest BCUT2D eigenvalue weighted by molar-refractivity contribution is 5.93. The number of hydrogen-bond acceptors (Lipinski definition) is 3. The number of nitrogens with one attached hydrogen (secondary N) is 1. The Kier molecular flexibility index (Phi) is 3.21. The van der Waals surface area contributed by atoms with Crippen molar-refractivity contribution >= 4 is 11.5 Å². The van der Waals surface area contributed by atoms with Crippen molar-refractivity contribution in [2.24, 2.45) is 0 Å². The Bertz CT molecular complexity index is 598. The molecule has 0 amide bonds. The van der Waals surface area contributed by atoms with Crippen LogP contribution in [-0.2, 0) is 0 Å². The molecule has 0 bridgehead atoms. The van der Waals surface area contributed by atoms with Crippen molar-refractivity contribution in [2.75, 3.05) is 13.1 Å². The lowest BCUT2D eigenvalue weighted by Crippen LogP contribution is -2.20. The van der Waals surface area contributed by atoms with Crippen LogP contribution in [0, 0.1) is 0 Å². The summed E-state index contributed by atoms with van der Waals surface area (Å²) in [5, 5.41) is 12.7. The minimum atomic E-state index is -0.962. The van der Waals surface area contributed by atoms with E-state index in [9.17, 15) is 9.90 Å². The minimum absolute atomic E-state index is 0.153. The Morgan fingerprint density at radius 1 is 1.42 bits per heavy atom. The van der Waals surface area contributed by atoms with Gasteiger partial charge in [-0.1, -0.05) is 12.5 Å². The number of aromatic carboxylic acids is 1. The highest BCUT2D eigenvalue weighted by Crippen LogP contribution is 2.25. The third-order valence-electron chi connectivity index (χ3n) is 3.69. The zero-order chi connectivity index (χ0) is 13.2. The Hall–Kier alpha value is -1.88. The summed E-state index contributed by atoms with van der Waals surface area (Å²) in [7, 11) is 0. The van der Waals surface area contributed by atoms with Crippen LogP contribution in [0.3, 0.4) is 0 Å². The van der Waals surface area contributed by atoms with E-state index >= 15 is 0 Å². The lowest BCUT2D eigenvalue weighted by atomic mass is 10.0. The van der Waals surface area contributed by atoms with E-state index in [0.717, 1.165) is 31.8 Å². The predicted octanol–water partition coefficient (Wildman–Crippen LogP) is 1.89. The molecule has 2 aromatic heterocycles. The zero-order valence-corrected chi connectivity index (χ0v) is 10.7. The van der Waals surface area contributed by atoms with Gasteiger partial charge in [0.25, 0.3) is 0 Å². The van der Waals surface area contributed by atoms with Crippen molar-refractivity contribution in [3.05, 3.63) is 35.9 Å². The molecule has 0 radical (unpaired) electrons. The van der Waals surface area contributed by atoms with Gasteiger partial charge >= 0.3 is 5.97 Å². The Morgan fingerprint density at radius 2 is 2.32 bits per heavy atom. The first kappa shape index (κ1) is 12.2. The van der Waals surface area contributed by atoms with Gasteiger partial charge in [0.1, 0.15) is 5.82 Å². The van der Waals surface area contributed by atoms with E-state index in [4.69, 9.17) is 0 Å². The van der Waals surface area contributed by atoms with Crippen molar-refractivity contribution in [3.63, 3.8) is 0 Å². The maximum Gasteiger partial charge on any atom is 0.356 e. The topological polar surface area (TPSA) is 66.6 Å². The van der Waals surface area contributed by atoms with Crippen molar-refractivity contribution in [3.8, 4) is 0 Å². The molecular weight excluding hydrogens is 242 g/mol. The average Bonchev–Trinajstić information content (AvgIpc) is 2.60. The molecule has 0 saturated carbocycles. The number of carboxylic acids is 1. The maximum atomic E-state index is 11.3. The van der Waals surface area contributed by atoms with Crippen LogP contribution in [0.1, 0.15) is 41.5 Å². The van der Waals surface area contributed by atoms with E-state index in [1.54, 1.807) is 0 Å². The van der Waals surface area contributed by atoms with E-state index in [2.05, 4.69) is 10.3 Å². The van der Waals surface area contributed by atoms with Crippen molar-refractivity contribution in [1.29, 1.82) is 0 Å². The van der Waals surface area contributed by atoms with Crippen LogP contribution >= 0.6 is 0 Å². The number of pyridine rings is 1. The maximum absolute atomic E-state index is 11.3. The number of rotatable bonds is 2. The average molecular weight is 259 g/mol. The highest BCUT2D eigenvalue weighted by Gasteiger charge is 2.23. The van der Waals surface area contributed by atoms with Gasteiger partial charge in [-0.3, -0.25) is 0 Å². The van der Waals surface area contributed by atoms with Crippen molar-refractivity contribution in [2.45, 2.75) is 25.2 Å². The molecule has 3 heterocycles.